The van der Waals surface area contributed by atoms with E-state index in [1.54, 1.807) is 28.1 Å². The third-order valence-electron chi connectivity index (χ3n) is 2.85. The van der Waals surface area contributed by atoms with Crippen molar-refractivity contribution in [3.05, 3.63) is 0 Å². The normalized spacial score (nSPS) is 11.3. The minimum Gasteiger partial charge on any atom is -0.383 e. The van der Waals surface area contributed by atoms with Crippen LogP contribution in [0.3, 0.4) is 0 Å². The summed E-state index contributed by atoms with van der Waals surface area (Å²) in [5.74, 6) is 0.151. The van der Waals surface area contributed by atoms with E-state index in [2.05, 4.69) is 4.90 Å². The zero-order chi connectivity index (χ0) is 15.4. The van der Waals surface area contributed by atoms with E-state index in [1.165, 1.54) is 0 Å². The van der Waals surface area contributed by atoms with Crippen LogP contribution >= 0.6 is 0 Å². The zero-order valence-electron chi connectivity index (χ0n) is 13.2. The number of methoxy groups -OCH3 is 2. The van der Waals surface area contributed by atoms with Crippen molar-refractivity contribution in [1.82, 2.24) is 9.80 Å². The van der Waals surface area contributed by atoms with Gasteiger partial charge in [-0.25, -0.2) is 0 Å². The van der Waals surface area contributed by atoms with Crippen LogP contribution in [0.5, 0.6) is 0 Å². The Balaban J connectivity index is 4.26. The molecule has 0 bridgehead atoms. The van der Waals surface area contributed by atoms with E-state index >= 15 is 0 Å². The Morgan fingerprint density at radius 1 is 0.750 bits per heavy atom. The number of carbonyl (C=O) groups is 2. The highest BCUT2D eigenvalue weighted by atomic mass is 16.5. The summed E-state index contributed by atoms with van der Waals surface area (Å²) in [7, 11) is 3.35. The van der Waals surface area contributed by atoms with Crippen molar-refractivity contribution in [2.75, 3.05) is 66.7 Å². The first-order valence-corrected chi connectivity index (χ1v) is 6.91. The van der Waals surface area contributed by atoms with E-state index in [0.29, 0.717) is 32.8 Å². The summed E-state index contributed by atoms with van der Waals surface area (Å²) in [6.45, 7) is 8.14. The number of hydrogen-bond donors (Lipinski definition) is 0. The average molecular weight is 288 g/mol. The van der Waals surface area contributed by atoms with E-state index < -0.39 is 0 Å². The van der Waals surface area contributed by atoms with Crippen molar-refractivity contribution in [2.24, 2.45) is 0 Å². The smallest absolute Gasteiger partial charge is 0.143 e. The van der Waals surface area contributed by atoms with Crippen LogP contribution in [0.15, 0.2) is 0 Å². The van der Waals surface area contributed by atoms with E-state index in [9.17, 15) is 9.59 Å². The summed E-state index contributed by atoms with van der Waals surface area (Å²) >= 11 is 0. The Labute approximate surface area is 122 Å². The second-order valence-corrected chi connectivity index (χ2v) is 4.94. The summed E-state index contributed by atoms with van der Waals surface area (Å²) in [5.41, 5.74) is 0. The molecule has 20 heavy (non-hydrogen) atoms. The number of carbonyl (C=O) groups excluding carboxylic acids is 2. The molecular formula is C14H28N2O4. The third kappa shape index (κ3) is 11.0. The second kappa shape index (κ2) is 12.0. The van der Waals surface area contributed by atoms with Gasteiger partial charge in [0.15, 0.2) is 0 Å². The highest BCUT2D eigenvalue weighted by Gasteiger charge is 2.12. The molecule has 6 nitrogen and oxygen atoms in total. The van der Waals surface area contributed by atoms with Crippen molar-refractivity contribution in [3.63, 3.8) is 0 Å². The molecule has 0 aliphatic carbocycles. The van der Waals surface area contributed by atoms with E-state index in [0.717, 1.165) is 19.6 Å². The van der Waals surface area contributed by atoms with Gasteiger partial charge < -0.3 is 9.47 Å². The maximum atomic E-state index is 11.2. The summed E-state index contributed by atoms with van der Waals surface area (Å²) in [6.07, 6.45) is 0. The fraction of sp³-hybridized carbons (Fsp3) is 0.857. The van der Waals surface area contributed by atoms with Gasteiger partial charge in [-0.2, -0.15) is 0 Å². The van der Waals surface area contributed by atoms with Crippen LogP contribution in [-0.4, -0.2) is 88.1 Å². The Kier molecular flexibility index (Phi) is 11.5. The van der Waals surface area contributed by atoms with Gasteiger partial charge >= 0.3 is 0 Å². The first-order chi connectivity index (χ1) is 9.49. The van der Waals surface area contributed by atoms with Gasteiger partial charge in [-0.1, -0.05) is 0 Å². The predicted molar refractivity (Wildman–Crippen MR) is 78.0 cm³/mol. The molecular weight excluding hydrogens is 260 g/mol. The van der Waals surface area contributed by atoms with Gasteiger partial charge in [-0.15, -0.1) is 0 Å². The molecule has 0 N–H and O–H groups in total. The summed E-state index contributed by atoms with van der Waals surface area (Å²) in [5, 5.41) is 0. The predicted octanol–water partition coefficient (Wildman–Crippen LogP) is 0.0612. The monoisotopic (exact) mass is 288 g/mol. The fourth-order valence-corrected chi connectivity index (χ4v) is 1.90. The van der Waals surface area contributed by atoms with E-state index in [1.807, 2.05) is 4.90 Å². The van der Waals surface area contributed by atoms with Crippen molar-refractivity contribution in [3.8, 4) is 0 Å². The minimum absolute atomic E-state index is 0.0755. The van der Waals surface area contributed by atoms with Crippen LogP contribution in [0.2, 0.25) is 0 Å². The van der Waals surface area contributed by atoms with Crippen LogP contribution < -0.4 is 0 Å². The number of hydrogen-bond acceptors (Lipinski definition) is 6. The molecule has 0 aromatic rings. The molecule has 0 heterocycles. The molecule has 118 valence electrons. The van der Waals surface area contributed by atoms with Gasteiger partial charge in [0.25, 0.3) is 0 Å². The number of nitrogens with zero attached hydrogens (tertiary/aromatic N) is 2. The lowest BCUT2D eigenvalue weighted by Crippen LogP contribution is -2.41. The Hall–Kier alpha value is -0.820. The topological polar surface area (TPSA) is 59.1 Å². The highest BCUT2D eigenvalue weighted by Crippen LogP contribution is 1.95. The van der Waals surface area contributed by atoms with E-state index in [4.69, 9.17) is 9.47 Å². The van der Waals surface area contributed by atoms with Gasteiger partial charge in [-0.3, -0.25) is 19.4 Å². The van der Waals surface area contributed by atoms with Crippen molar-refractivity contribution in [2.45, 2.75) is 13.8 Å². The van der Waals surface area contributed by atoms with Gasteiger partial charge in [0, 0.05) is 40.4 Å². The molecule has 0 saturated carbocycles. The lowest BCUT2D eigenvalue weighted by atomic mass is 10.3. The molecule has 0 aliphatic rings. The standard InChI is InChI=1S/C14H28N2O4/c1-13(17)11-16(12-14(2)18)6-5-15(7-9-19-3)8-10-20-4/h5-12H2,1-4H3. The molecule has 0 saturated heterocycles. The Morgan fingerprint density at radius 2 is 1.15 bits per heavy atom. The first kappa shape index (κ1) is 19.2. The Morgan fingerprint density at radius 3 is 1.50 bits per heavy atom. The van der Waals surface area contributed by atoms with Gasteiger partial charge in [-0.05, 0) is 13.8 Å². The number of Topliss-reactive ketones (excluding diaryl/α,β-unsaturated/α-hetero) is 2. The summed E-state index contributed by atoms with van der Waals surface area (Å²) < 4.78 is 10.2. The SMILES string of the molecule is COCCN(CCOC)CCN(CC(C)=O)CC(C)=O. The molecule has 0 rings (SSSR count). The molecule has 0 fully saturated rings. The second-order valence-electron chi connectivity index (χ2n) is 4.94. The molecule has 0 unspecified atom stereocenters. The maximum Gasteiger partial charge on any atom is 0.143 e. The number of rotatable bonds is 13. The summed E-state index contributed by atoms with van der Waals surface area (Å²) in [4.78, 5) is 26.5. The molecule has 0 spiro atoms. The van der Waals surface area contributed by atoms with Gasteiger partial charge in [0.1, 0.15) is 11.6 Å². The molecule has 0 atom stereocenters. The molecule has 0 amide bonds. The lowest BCUT2D eigenvalue weighted by Gasteiger charge is -2.26. The van der Waals surface area contributed by atoms with Crippen LogP contribution in [0.25, 0.3) is 0 Å². The maximum absolute atomic E-state index is 11.2. The van der Waals surface area contributed by atoms with Crippen molar-refractivity contribution >= 4 is 11.6 Å². The Bertz CT molecular complexity index is 260. The molecule has 0 aliphatic heterocycles. The molecule has 0 aromatic heterocycles. The van der Waals surface area contributed by atoms with Crippen molar-refractivity contribution in [1.29, 1.82) is 0 Å². The lowest BCUT2D eigenvalue weighted by molar-refractivity contribution is -0.120. The quantitative estimate of drug-likeness (QED) is 0.478. The first-order valence-electron chi connectivity index (χ1n) is 6.91. The third-order valence-corrected chi connectivity index (χ3v) is 2.85. The van der Waals surface area contributed by atoms with Crippen LogP contribution in [0.1, 0.15) is 13.8 Å². The zero-order valence-corrected chi connectivity index (χ0v) is 13.2. The fourth-order valence-electron chi connectivity index (χ4n) is 1.90. The molecule has 6 heteroatoms. The largest absolute Gasteiger partial charge is 0.383 e. The van der Waals surface area contributed by atoms with Crippen molar-refractivity contribution < 1.29 is 19.1 Å². The van der Waals surface area contributed by atoms with E-state index in [-0.39, 0.29) is 11.6 Å². The van der Waals surface area contributed by atoms with Crippen LogP contribution in [0.4, 0.5) is 0 Å². The van der Waals surface area contributed by atoms with Gasteiger partial charge in [0.05, 0.1) is 26.3 Å². The average Bonchev–Trinajstić information content (AvgIpc) is 2.36. The molecule has 0 aromatic carbocycles. The van der Waals surface area contributed by atoms with Crippen LogP contribution in [-0.2, 0) is 19.1 Å². The number of ketones is 2. The van der Waals surface area contributed by atoms with Gasteiger partial charge in [0.2, 0.25) is 0 Å². The minimum atomic E-state index is 0.0755. The molecule has 0 radical (unpaired) electrons. The summed E-state index contributed by atoms with van der Waals surface area (Å²) in [6, 6.07) is 0. The number of ether oxygens (including phenoxy) is 2. The highest BCUT2D eigenvalue weighted by molar-refractivity contribution is 5.80. The van der Waals surface area contributed by atoms with Crippen LogP contribution in [0, 0.1) is 0 Å².